The number of benzene rings is 3. The first-order valence-electron chi connectivity index (χ1n) is 12.7. The van der Waals surface area contributed by atoms with Gasteiger partial charge in [0.25, 0.3) is 0 Å². The van der Waals surface area contributed by atoms with Gasteiger partial charge < -0.3 is 19.9 Å². The third-order valence-corrected chi connectivity index (χ3v) is 9.79. The van der Waals surface area contributed by atoms with Crippen molar-refractivity contribution < 1.29 is 23.0 Å². The van der Waals surface area contributed by atoms with E-state index < -0.39 is 16.1 Å². The quantitative estimate of drug-likeness (QED) is 0.280. The van der Waals surface area contributed by atoms with Crippen molar-refractivity contribution in [3.8, 4) is 11.5 Å². The molecule has 2 N–H and O–H groups in total. The number of piperidine rings is 1. The minimum atomic E-state index is -3.51. The summed E-state index contributed by atoms with van der Waals surface area (Å²) in [6, 6.07) is 20.5. The number of sulfonamides is 1. The normalized spacial score (nSPS) is 16.2. The van der Waals surface area contributed by atoms with Crippen LogP contribution in [-0.4, -0.2) is 67.4 Å². The predicted molar refractivity (Wildman–Crippen MR) is 153 cm³/mol. The van der Waals surface area contributed by atoms with E-state index in [0.717, 1.165) is 46.9 Å². The van der Waals surface area contributed by atoms with E-state index in [1.54, 1.807) is 35.7 Å². The minimum absolute atomic E-state index is 0.173. The maximum Gasteiger partial charge on any atom is 0.243 e. The van der Waals surface area contributed by atoms with Gasteiger partial charge in [-0.2, -0.15) is 4.31 Å². The maximum atomic E-state index is 13.0. The summed E-state index contributed by atoms with van der Waals surface area (Å²) in [4.78, 5) is 0.286. The molecule has 38 heavy (non-hydrogen) atoms. The van der Waals surface area contributed by atoms with Crippen LogP contribution in [0.3, 0.4) is 0 Å². The van der Waals surface area contributed by atoms with Crippen LogP contribution < -0.4 is 14.8 Å². The molecule has 1 fully saturated rings. The average Bonchev–Trinajstić information content (AvgIpc) is 3.24. The standard InChI is InChI=1S/C28H32BrN3O5S/c1-36-22-9-11-23(12-10-22)38(34,35)31-15-13-20(14-16-31)17-30-18-21(33)19-37-27-8-4-7-26-28(27)24-5-2-3-6-25(24)32(26)29/h2-12,20-21,30,33H,13-19H2,1H3/t21-/m0/s1. The monoisotopic (exact) mass is 601 g/mol. The van der Waals surface area contributed by atoms with Gasteiger partial charge in [-0.1, -0.05) is 24.3 Å². The number of fused-ring (bicyclic) bond motifs is 3. The van der Waals surface area contributed by atoms with Crippen molar-refractivity contribution in [2.45, 2.75) is 23.8 Å². The van der Waals surface area contributed by atoms with Crippen molar-refractivity contribution in [3.63, 3.8) is 0 Å². The van der Waals surface area contributed by atoms with E-state index >= 15 is 0 Å². The predicted octanol–water partition coefficient (Wildman–Crippen LogP) is 4.39. The van der Waals surface area contributed by atoms with E-state index in [1.807, 2.05) is 40.0 Å². The summed E-state index contributed by atoms with van der Waals surface area (Å²) >= 11 is 3.63. The van der Waals surface area contributed by atoms with Gasteiger partial charge in [0.2, 0.25) is 10.0 Å². The van der Waals surface area contributed by atoms with Crippen LogP contribution in [0.25, 0.3) is 21.8 Å². The molecule has 10 heteroatoms. The topological polar surface area (TPSA) is 93.0 Å². The van der Waals surface area contributed by atoms with Gasteiger partial charge in [0.15, 0.2) is 0 Å². The molecule has 1 aliphatic rings. The number of rotatable bonds is 10. The van der Waals surface area contributed by atoms with Crippen molar-refractivity contribution in [2.24, 2.45) is 5.92 Å². The molecule has 0 aliphatic carbocycles. The molecular formula is C28H32BrN3O5S. The Balaban J connectivity index is 1.09. The lowest BCUT2D eigenvalue weighted by Crippen LogP contribution is -2.42. The average molecular weight is 603 g/mol. The Kier molecular flexibility index (Phi) is 8.25. The molecule has 0 spiro atoms. The minimum Gasteiger partial charge on any atom is -0.497 e. The van der Waals surface area contributed by atoms with Gasteiger partial charge in [0.1, 0.15) is 24.2 Å². The summed E-state index contributed by atoms with van der Waals surface area (Å²) in [5.41, 5.74) is 2.07. The first-order valence-corrected chi connectivity index (χ1v) is 14.9. The van der Waals surface area contributed by atoms with Gasteiger partial charge in [-0.25, -0.2) is 8.42 Å². The van der Waals surface area contributed by atoms with Crippen LogP contribution >= 0.6 is 16.1 Å². The number of para-hydroxylation sites is 1. The van der Waals surface area contributed by atoms with E-state index in [9.17, 15) is 13.5 Å². The summed E-state index contributed by atoms with van der Waals surface area (Å²) in [7, 11) is -1.95. The lowest BCUT2D eigenvalue weighted by atomic mass is 9.98. The van der Waals surface area contributed by atoms with Crippen molar-refractivity contribution >= 4 is 48.0 Å². The van der Waals surface area contributed by atoms with E-state index in [2.05, 4.69) is 27.5 Å². The van der Waals surface area contributed by atoms with Crippen LogP contribution in [0.5, 0.6) is 11.5 Å². The summed E-state index contributed by atoms with van der Waals surface area (Å²) in [6.45, 7) is 2.27. The molecule has 2 heterocycles. The Morgan fingerprint density at radius 2 is 1.74 bits per heavy atom. The molecule has 1 atom stereocenters. The molecule has 0 amide bonds. The summed E-state index contributed by atoms with van der Waals surface area (Å²) in [6.07, 6.45) is 0.874. The second-order valence-corrected chi connectivity index (χ2v) is 12.2. The molecule has 0 unspecified atom stereocenters. The molecule has 1 aliphatic heterocycles. The van der Waals surface area contributed by atoms with Crippen LogP contribution in [0.1, 0.15) is 12.8 Å². The second kappa shape index (κ2) is 11.6. The highest BCUT2D eigenvalue weighted by Gasteiger charge is 2.29. The largest absolute Gasteiger partial charge is 0.497 e. The Labute approximate surface area is 231 Å². The molecule has 8 nitrogen and oxygen atoms in total. The second-order valence-electron chi connectivity index (χ2n) is 9.59. The zero-order valence-corrected chi connectivity index (χ0v) is 23.6. The number of methoxy groups -OCH3 is 1. The summed E-state index contributed by atoms with van der Waals surface area (Å²) in [5, 5.41) is 16.0. The molecule has 5 rings (SSSR count). The van der Waals surface area contributed by atoms with Gasteiger partial charge in [0.05, 0.1) is 44.6 Å². The van der Waals surface area contributed by atoms with Crippen molar-refractivity contribution in [1.29, 1.82) is 0 Å². The van der Waals surface area contributed by atoms with Gasteiger partial charge in [-0.05, 0) is 67.8 Å². The maximum absolute atomic E-state index is 13.0. The fourth-order valence-corrected chi connectivity index (χ4v) is 7.08. The lowest BCUT2D eigenvalue weighted by Gasteiger charge is -2.31. The number of ether oxygens (including phenoxy) is 2. The zero-order chi connectivity index (χ0) is 26.7. The van der Waals surface area contributed by atoms with E-state index in [1.165, 1.54) is 0 Å². The fourth-order valence-electron chi connectivity index (χ4n) is 5.01. The summed E-state index contributed by atoms with van der Waals surface area (Å²) in [5.74, 6) is 1.72. The third kappa shape index (κ3) is 5.55. The van der Waals surface area contributed by atoms with Crippen LogP contribution in [0, 0.1) is 5.92 Å². The molecule has 0 bridgehead atoms. The summed E-state index contributed by atoms with van der Waals surface area (Å²) < 4.78 is 40.6. The smallest absolute Gasteiger partial charge is 0.243 e. The number of halogens is 1. The van der Waals surface area contributed by atoms with Crippen molar-refractivity contribution in [2.75, 3.05) is 39.9 Å². The van der Waals surface area contributed by atoms with Crippen LogP contribution in [0.15, 0.2) is 71.6 Å². The first kappa shape index (κ1) is 27.0. The van der Waals surface area contributed by atoms with Gasteiger partial charge in [0, 0.05) is 25.0 Å². The Hall–Kier alpha value is -2.63. The SMILES string of the molecule is COc1ccc(S(=O)(=O)N2CCC(CNC[C@H](O)COc3cccc4c3c3ccccc3n4Br)CC2)cc1. The molecular weight excluding hydrogens is 570 g/mol. The molecule has 1 saturated heterocycles. The molecule has 0 saturated carbocycles. The number of nitrogens with zero attached hydrogens (tertiary/aromatic N) is 2. The van der Waals surface area contributed by atoms with E-state index in [0.29, 0.717) is 31.3 Å². The lowest BCUT2D eigenvalue weighted by molar-refractivity contribution is 0.105. The molecule has 4 aromatic rings. The molecule has 3 aromatic carbocycles. The number of hydrogen-bond donors (Lipinski definition) is 2. The van der Waals surface area contributed by atoms with Crippen molar-refractivity contribution in [3.05, 3.63) is 66.7 Å². The van der Waals surface area contributed by atoms with Crippen LogP contribution in [0.4, 0.5) is 0 Å². The van der Waals surface area contributed by atoms with E-state index in [4.69, 9.17) is 9.47 Å². The highest BCUT2D eigenvalue weighted by molar-refractivity contribution is 9.08. The van der Waals surface area contributed by atoms with Gasteiger partial charge >= 0.3 is 0 Å². The van der Waals surface area contributed by atoms with Crippen molar-refractivity contribution in [1.82, 2.24) is 13.2 Å². The highest BCUT2D eigenvalue weighted by Crippen LogP contribution is 2.36. The van der Waals surface area contributed by atoms with Crippen LogP contribution in [0.2, 0.25) is 0 Å². The molecule has 1 aromatic heterocycles. The fraction of sp³-hybridized carbons (Fsp3) is 0.357. The number of aromatic nitrogens is 1. The van der Waals surface area contributed by atoms with Gasteiger partial charge in [-0.15, -0.1) is 0 Å². The Morgan fingerprint density at radius 1 is 1.03 bits per heavy atom. The molecule has 202 valence electrons. The van der Waals surface area contributed by atoms with E-state index in [-0.39, 0.29) is 11.5 Å². The molecule has 0 radical (unpaired) electrons. The third-order valence-electron chi connectivity index (χ3n) is 7.12. The Bertz CT molecular complexity index is 1500. The van der Waals surface area contributed by atoms with Crippen LogP contribution in [-0.2, 0) is 10.0 Å². The first-order chi connectivity index (χ1) is 18.4. The number of nitrogens with one attached hydrogen (secondary N) is 1. The zero-order valence-electron chi connectivity index (χ0n) is 21.2. The Morgan fingerprint density at radius 3 is 2.47 bits per heavy atom. The highest BCUT2D eigenvalue weighted by atomic mass is 79.9. The number of aliphatic hydroxyl groups is 1. The number of aliphatic hydroxyl groups excluding tert-OH is 1. The number of hydrogen-bond acceptors (Lipinski definition) is 6. The van der Waals surface area contributed by atoms with Gasteiger partial charge in [-0.3, -0.25) is 3.59 Å².